The summed E-state index contributed by atoms with van der Waals surface area (Å²) in [6.45, 7) is 0.279. The summed E-state index contributed by atoms with van der Waals surface area (Å²) in [5.41, 5.74) is 1.21. The van der Waals surface area contributed by atoms with E-state index < -0.39 is 24.0 Å². The number of aromatic hydroxyl groups is 1. The van der Waals surface area contributed by atoms with Gasteiger partial charge in [-0.05, 0) is 35.9 Å². The topological polar surface area (TPSA) is 89.9 Å². The number of esters is 1. The SMILES string of the molecule is COC(=O)c1ccc(O)c(C(=O)CC(=O)c2ccccc2OCc2ccccc2)c1. The van der Waals surface area contributed by atoms with Crippen molar-refractivity contribution in [3.63, 3.8) is 0 Å². The van der Waals surface area contributed by atoms with Crippen molar-refractivity contribution in [1.82, 2.24) is 0 Å². The Morgan fingerprint density at radius 3 is 2.23 bits per heavy atom. The molecule has 0 spiro atoms. The first-order valence-corrected chi connectivity index (χ1v) is 9.23. The van der Waals surface area contributed by atoms with Crippen LogP contribution in [0.5, 0.6) is 11.5 Å². The van der Waals surface area contributed by atoms with E-state index in [0.29, 0.717) is 5.75 Å². The van der Waals surface area contributed by atoms with Crippen LogP contribution in [0.1, 0.15) is 43.1 Å². The Kier molecular flexibility index (Phi) is 6.60. The molecular formula is C24H20O6. The minimum absolute atomic E-state index is 0.109. The van der Waals surface area contributed by atoms with Gasteiger partial charge in [-0.3, -0.25) is 9.59 Å². The zero-order chi connectivity index (χ0) is 21.5. The van der Waals surface area contributed by atoms with Crippen molar-refractivity contribution in [2.45, 2.75) is 13.0 Å². The van der Waals surface area contributed by atoms with Gasteiger partial charge in [0.25, 0.3) is 0 Å². The highest BCUT2D eigenvalue weighted by Crippen LogP contribution is 2.25. The number of para-hydroxylation sites is 1. The second-order valence-electron chi connectivity index (χ2n) is 6.52. The average molecular weight is 404 g/mol. The van der Waals surface area contributed by atoms with Crippen LogP contribution < -0.4 is 4.74 Å². The predicted octanol–water partition coefficient (Wildman–Crippen LogP) is 4.21. The van der Waals surface area contributed by atoms with Crippen LogP contribution >= 0.6 is 0 Å². The van der Waals surface area contributed by atoms with Crippen LogP contribution in [0.15, 0.2) is 72.8 Å². The number of hydrogen-bond acceptors (Lipinski definition) is 6. The fourth-order valence-electron chi connectivity index (χ4n) is 2.90. The van der Waals surface area contributed by atoms with E-state index in [1.165, 1.54) is 25.3 Å². The largest absolute Gasteiger partial charge is 0.507 e. The van der Waals surface area contributed by atoms with E-state index in [9.17, 15) is 19.5 Å². The second kappa shape index (κ2) is 9.52. The summed E-state index contributed by atoms with van der Waals surface area (Å²) in [7, 11) is 1.21. The van der Waals surface area contributed by atoms with E-state index in [-0.39, 0.29) is 29.0 Å². The first-order chi connectivity index (χ1) is 14.5. The number of rotatable bonds is 8. The number of methoxy groups -OCH3 is 1. The van der Waals surface area contributed by atoms with E-state index in [1.807, 2.05) is 30.3 Å². The molecule has 0 aliphatic carbocycles. The van der Waals surface area contributed by atoms with Crippen LogP contribution in [0.3, 0.4) is 0 Å². The van der Waals surface area contributed by atoms with Gasteiger partial charge < -0.3 is 14.6 Å². The molecule has 0 saturated heterocycles. The van der Waals surface area contributed by atoms with E-state index >= 15 is 0 Å². The number of phenolic OH excluding ortho intramolecular Hbond substituents is 1. The number of ether oxygens (including phenoxy) is 2. The van der Waals surface area contributed by atoms with Gasteiger partial charge in [0, 0.05) is 0 Å². The summed E-state index contributed by atoms with van der Waals surface area (Å²) >= 11 is 0. The van der Waals surface area contributed by atoms with E-state index in [1.54, 1.807) is 24.3 Å². The van der Waals surface area contributed by atoms with Gasteiger partial charge in [0.05, 0.1) is 30.2 Å². The van der Waals surface area contributed by atoms with Crippen molar-refractivity contribution >= 4 is 17.5 Å². The van der Waals surface area contributed by atoms with Crippen LogP contribution in [0.2, 0.25) is 0 Å². The smallest absolute Gasteiger partial charge is 0.337 e. The molecule has 0 unspecified atom stereocenters. The molecule has 30 heavy (non-hydrogen) atoms. The first kappa shape index (κ1) is 20.8. The second-order valence-corrected chi connectivity index (χ2v) is 6.52. The molecule has 3 rings (SSSR count). The maximum atomic E-state index is 12.8. The Balaban J connectivity index is 1.76. The Labute approximate surface area is 173 Å². The molecular weight excluding hydrogens is 384 g/mol. The summed E-state index contributed by atoms with van der Waals surface area (Å²) in [5.74, 6) is -1.65. The molecule has 0 heterocycles. The molecule has 1 N–H and O–H groups in total. The zero-order valence-electron chi connectivity index (χ0n) is 16.3. The molecule has 0 aliphatic rings. The molecule has 0 aromatic heterocycles. The minimum Gasteiger partial charge on any atom is -0.507 e. The van der Waals surface area contributed by atoms with Crippen LogP contribution in [-0.2, 0) is 11.3 Å². The van der Waals surface area contributed by atoms with Crippen LogP contribution in [0.25, 0.3) is 0 Å². The first-order valence-electron chi connectivity index (χ1n) is 9.23. The summed E-state index contributed by atoms with van der Waals surface area (Å²) < 4.78 is 10.4. The molecule has 0 atom stereocenters. The van der Waals surface area contributed by atoms with Gasteiger partial charge >= 0.3 is 5.97 Å². The number of benzene rings is 3. The van der Waals surface area contributed by atoms with Crippen molar-refractivity contribution in [2.24, 2.45) is 0 Å². The Morgan fingerprint density at radius 1 is 0.833 bits per heavy atom. The summed E-state index contributed by atoms with van der Waals surface area (Å²) in [4.78, 5) is 37.1. The number of hydrogen-bond donors (Lipinski definition) is 1. The molecule has 3 aromatic rings. The standard InChI is InChI=1S/C24H20O6/c1-29-24(28)17-11-12-20(25)19(13-17)22(27)14-21(26)18-9-5-6-10-23(18)30-15-16-7-3-2-4-8-16/h2-13,25H,14-15H2,1H3. The maximum absolute atomic E-state index is 12.8. The van der Waals surface area contributed by atoms with E-state index in [0.717, 1.165) is 5.56 Å². The van der Waals surface area contributed by atoms with Gasteiger partial charge in [-0.1, -0.05) is 42.5 Å². The average Bonchev–Trinajstić information content (AvgIpc) is 2.78. The molecule has 6 nitrogen and oxygen atoms in total. The third-order valence-corrected chi connectivity index (χ3v) is 4.46. The molecule has 0 radical (unpaired) electrons. The molecule has 0 amide bonds. The molecule has 0 bridgehead atoms. The highest BCUT2D eigenvalue weighted by molar-refractivity contribution is 6.15. The van der Waals surface area contributed by atoms with Crippen molar-refractivity contribution in [2.75, 3.05) is 7.11 Å². The van der Waals surface area contributed by atoms with Gasteiger partial charge in [0.2, 0.25) is 0 Å². The van der Waals surface area contributed by atoms with E-state index in [2.05, 4.69) is 4.74 Å². The zero-order valence-corrected chi connectivity index (χ0v) is 16.3. The van der Waals surface area contributed by atoms with Gasteiger partial charge in [-0.25, -0.2) is 4.79 Å². The molecule has 152 valence electrons. The third kappa shape index (κ3) is 4.91. The fraction of sp³-hybridized carbons (Fsp3) is 0.125. The highest BCUT2D eigenvalue weighted by atomic mass is 16.5. The lowest BCUT2D eigenvalue weighted by molar-refractivity contribution is 0.0600. The van der Waals surface area contributed by atoms with E-state index in [4.69, 9.17) is 4.74 Å². The van der Waals surface area contributed by atoms with Crippen molar-refractivity contribution in [3.8, 4) is 11.5 Å². The quantitative estimate of drug-likeness (QED) is 0.344. The number of Topliss-reactive ketones (excluding diaryl/α,β-unsaturated/α-hetero) is 2. The van der Waals surface area contributed by atoms with Crippen LogP contribution in [0.4, 0.5) is 0 Å². The number of carbonyl (C=O) groups is 3. The molecule has 0 fully saturated rings. The lowest BCUT2D eigenvalue weighted by Gasteiger charge is -2.11. The Bertz CT molecular complexity index is 1070. The fourth-order valence-corrected chi connectivity index (χ4v) is 2.90. The van der Waals surface area contributed by atoms with Gasteiger partial charge in [-0.2, -0.15) is 0 Å². The predicted molar refractivity (Wildman–Crippen MR) is 110 cm³/mol. The van der Waals surface area contributed by atoms with Gasteiger partial charge in [0.1, 0.15) is 18.1 Å². The highest BCUT2D eigenvalue weighted by Gasteiger charge is 2.21. The number of phenols is 1. The van der Waals surface area contributed by atoms with Crippen LogP contribution in [0, 0.1) is 0 Å². The van der Waals surface area contributed by atoms with Gasteiger partial charge in [-0.15, -0.1) is 0 Å². The minimum atomic E-state index is -0.643. The normalized spacial score (nSPS) is 10.3. The monoisotopic (exact) mass is 404 g/mol. The Morgan fingerprint density at radius 2 is 1.50 bits per heavy atom. The molecule has 0 aliphatic heterocycles. The lowest BCUT2D eigenvalue weighted by Crippen LogP contribution is -2.12. The third-order valence-electron chi connectivity index (χ3n) is 4.46. The summed E-state index contributed by atoms with van der Waals surface area (Å²) in [5, 5.41) is 10.00. The number of ketones is 2. The van der Waals surface area contributed by atoms with Crippen molar-refractivity contribution < 1.29 is 29.0 Å². The van der Waals surface area contributed by atoms with Crippen LogP contribution in [-0.4, -0.2) is 29.8 Å². The lowest BCUT2D eigenvalue weighted by atomic mass is 9.99. The summed E-state index contributed by atoms with van der Waals surface area (Å²) in [6.07, 6.45) is -0.482. The maximum Gasteiger partial charge on any atom is 0.337 e. The molecule has 6 heteroatoms. The Hall–Kier alpha value is -3.93. The van der Waals surface area contributed by atoms with Crippen molar-refractivity contribution in [1.29, 1.82) is 0 Å². The molecule has 0 saturated carbocycles. The van der Waals surface area contributed by atoms with Gasteiger partial charge in [0.15, 0.2) is 11.6 Å². The number of carbonyl (C=O) groups excluding carboxylic acids is 3. The summed E-state index contributed by atoms with van der Waals surface area (Å²) in [6, 6.07) is 19.9. The van der Waals surface area contributed by atoms with Crippen molar-refractivity contribution in [3.05, 3.63) is 95.1 Å². The molecule has 3 aromatic carbocycles.